The molecular weight excluding hydrogens is 279 g/mol. The molecule has 0 radical (unpaired) electrons. The predicted molar refractivity (Wildman–Crippen MR) is 76.5 cm³/mol. The number of anilines is 1. The average Bonchev–Trinajstić information content (AvgIpc) is 2.45. The van der Waals surface area contributed by atoms with Crippen molar-refractivity contribution in [3.8, 4) is 5.75 Å². The van der Waals surface area contributed by atoms with E-state index >= 15 is 0 Å². The molecule has 0 aliphatic heterocycles. The number of nitrogens with one attached hydrogen (secondary N) is 1. The molecule has 1 N–H and O–H groups in total. The highest BCUT2D eigenvalue weighted by molar-refractivity contribution is 5.46. The van der Waals surface area contributed by atoms with Gasteiger partial charge in [0.1, 0.15) is 5.75 Å². The second-order valence-corrected chi connectivity index (χ2v) is 4.76. The van der Waals surface area contributed by atoms with Crippen molar-refractivity contribution in [1.82, 2.24) is 0 Å². The van der Waals surface area contributed by atoms with Gasteiger partial charge in [-0.3, -0.25) is 0 Å². The lowest BCUT2D eigenvalue weighted by Gasteiger charge is -2.14. The van der Waals surface area contributed by atoms with E-state index in [1.54, 1.807) is 12.1 Å². The zero-order valence-electron chi connectivity index (χ0n) is 11.5. The Hall–Kier alpha value is -2.17. The first kappa shape index (κ1) is 15.2. The number of hydrogen-bond donors (Lipinski definition) is 1. The molecule has 1 atom stereocenters. The Morgan fingerprint density at radius 2 is 1.62 bits per heavy atom. The van der Waals surface area contributed by atoms with Crippen molar-refractivity contribution >= 4 is 5.69 Å². The Bertz CT molecular complexity index is 552. The average molecular weight is 295 g/mol. The van der Waals surface area contributed by atoms with Crippen LogP contribution in [-0.2, 0) is 0 Å². The van der Waals surface area contributed by atoms with Crippen molar-refractivity contribution in [2.45, 2.75) is 19.2 Å². The van der Waals surface area contributed by atoms with E-state index in [1.807, 2.05) is 30.3 Å². The van der Waals surface area contributed by atoms with Crippen LogP contribution in [0.3, 0.4) is 0 Å². The summed E-state index contributed by atoms with van der Waals surface area (Å²) in [6.45, 7) is 2.78. The van der Waals surface area contributed by atoms with Crippen molar-refractivity contribution in [1.29, 1.82) is 0 Å². The smallest absolute Gasteiger partial charge is 0.406 e. The second kappa shape index (κ2) is 6.52. The molecule has 1 unspecified atom stereocenters. The lowest BCUT2D eigenvalue weighted by Crippen LogP contribution is -2.17. The van der Waals surface area contributed by atoms with Crippen molar-refractivity contribution in [3.63, 3.8) is 0 Å². The van der Waals surface area contributed by atoms with E-state index in [4.69, 9.17) is 0 Å². The molecule has 0 aliphatic rings. The summed E-state index contributed by atoms with van der Waals surface area (Å²) >= 11 is 0. The third-order valence-corrected chi connectivity index (χ3v) is 3.07. The first-order valence-corrected chi connectivity index (χ1v) is 6.59. The maximum atomic E-state index is 12.0. The zero-order valence-corrected chi connectivity index (χ0v) is 11.5. The van der Waals surface area contributed by atoms with E-state index in [1.165, 1.54) is 17.7 Å². The molecule has 0 saturated carbocycles. The molecule has 0 fully saturated rings. The highest BCUT2D eigenvalue weighted by Crippen LogP contribution is 2.24. The second-order valence-electron chi connectivity index (χ2n) is 4.76. The van der Waals surface area contributed by atoms with E-state index in [2.05, 4.69) is 17.0 Å². The minimum atomic E-state index is -4.66. The van der Waals surface area contributed by atoms with Crippen LogP contribution in [0.15, 0.2) is 54.6 Å². The van der Waals surface area contributed by atoms with Crippen LogP contribution in [-0.4, -0.2) is 12.9 Å². The Balaban J connectivity index is 1.89. The number of halogens is 3. The molecule has 0 aromatic heterocycles. The fraction of sp³-hybridized carbons (Fsp3) is 0.250. The van der Waals surface area contributed by atoms with E-state index in [-0.39, 0.29) is 5.75 Å². The molecule has 2 nitrogen and oxygen atoms in total. The summed E-state index contributed by atoms with van der Waals surface area (Å²) in [5, 5.41) is 3.20. The summed E-state index contributed by atoms with van der Waals surface area (Å²) < 4.78 is 40.0. The highest BCUT2D eigenvalue weighted by Gasteiger charge is 2.30. The van der Waals surface area contributed by atoms with Crippen LogP contribution >= 0.6 is 0 Å². The molecule has 2 rings (SSSR count). The summed E-state index contributed by atoms with van der Waals surface area (Å²) in [5.74, 6) is 0.0847. The molecule has 5 heteroatoms. The summed E-state index contributed by atoms with van der Waals surface area (Å²) in [6.07, 6.45) is -4.66. The zero-order chi connectivity index (χ0) is 15.3. The van der Waals surface area contributed by atoms with Gasteiger partial charge in [-0.2, -0.15) is 0 Å². The van der Waals surface area contributed by atoms with Gasteiger partial charge in [-0.25, -0.2) is 0 Å². The van der Waals surface area contributed by atoms with Crippen molar-refractivity contribution in [2.75, 3.05) is 11.9 Å². The highest BCUT2D eigenvalue weighted by atomic mass is 19.4. The summed E-state index contributed by atoms with van der Waals surface area (Å²) in [5.41, 5.74) is 1.97. The third kappa shape index (κ3) is 5.02. The molecular formula is C16H16F3NO. The summed E-state index contributed by atoms with van der Waals surface area (Å²) in [6, 6.07) is 15.7. The topological polar surface area (TPSA) is 21.3 Å². The molecule has 0 aliphatic carbocycles. The number of ether oxygens (including phenoxy) is 1. The lowest BCUT2D eigenvalue weighted by molar-refractivity contribution is -0.274. The lowest BCUT2D eigenvalue weighted by atomic mass is 10.0. The first-order valence-electron chi connectivity index (χ1n) is 6.59. The summed E-state index contributed by atoms with van der Waals surface area (Å²) in [4.78, 5) is 0. The molecule has 0 spiro atoms. The number of rotatable bonds is 5. The van der Waals surface area contributed by atoms with Crippen LogP contribution in [0.4, 0.5) is 18.9 Å². The standard InChI is InChI=1S/C16H16F3NO/c1-12(13-5-3-2-4-6-13)11-20-14-7-9-15(10-8-14)21-16(17,18)19/h2-10,12,20H,11H2,1H3. The van der Waals surface area contributed by atoms with E-state index in [9.17, 15) is 13.2 Å². The van der Waals surface area contributed by atoms with Gasteiger partial charge in [0.2, 0.25) is 0 Å². The fourth-order valence-corrected chi connectivity index (χ4v) is 1.94. The molecule has 112 valence electrons. The first-order chi connectivity index (χ1) is 9.94. The monoisotopic (exact) mass is 295 g/mol. The molecule has 0 heterocycles. The van der Waals surface area contributed by atoms with E-state index < -0.39 is 6.36 Å². The van der Waals surface area contributed by atoms with Gasteiger partial charge in [-0.1, -0.05) is 37.3 Å². The maximum Gasteiger partial charge on any atom is 0.573 e. The Kier molecular flexibility index (Phi) is 4.73. The van der Waals surface area contributed by atoms with Gasteiger partial charge in [0.25, 0.3) is 0 Å². The van der Waals surface area contributed by atoms with Gasteiger partial charge >= 0.3 is 6.36 Å². The van der Waals surface area contributed by atoms with Crippen molar-refractivity contribution in [2.24, 2.45) is 0 Å². The van der Waals surface area contributed by atoms with Gasteiger partial charge in [0.15, 0.2) is 0 Å². The Morgan fingerprint density at radius 1 is 1.00 bits per heavy atom. The van der Waals surface area contributed by atoms with Crippen LogP contribution in [0.1, 0.15) is 18.4 Å². The Labute approximate surface area is 121 Å². The minimum absolute atomic E-state index is 0.218. The van der Waals surface area contributed by atoms with Crippen LogP contribution in [0, 0.1) is 0 Å². The molecule has 0 bridgehead atoms. The molecule has 2 aromatic rings. The molecule has 0 saturated heterocycles. The molecule has 2 aromatic carbocycles. The SMILES string of the molecule is CC(CNc1ccc(OC(F)(F)F)cc1)c1ccccc1. The van der Waals surface area contributed by atoms with Gasteiger partial charge in [0, 0.05) is 12.2 Å². The van der Waals surface area contributed by atoms with Crippen LogP contribution in [0.5, 0.6) is 5.75 Å². The largest absolute Gasteiger partial charge is 0.573 e. The normalized spacial score (nSPS) is 12.8. The Morgan fingerprint density at radius 3 is 2.19 bits per heavy atom. The predicted octanol–water partition coefficient (Wildman–Crippen LogP) is 4.80. The number of benzene rings is 2. The van der Waals surface area contributed by atoms with E-state index in [0.717, 1.165) is 5.69 Å². The third-order valence-electron chi connectivity index (χ3n) is 3.07. The minimum Gasteiger partial charge on any atom is -0.406 e. The quantitative estimate of drug-likeness (QED) is 0.855. The molecule has 0 amide bonds. The van der Waals surface area contributed by atoms with Crippen LogP contribution in [0.2, 0.25) is 0 Å². The van der Waals surface area contributed by atoms with Crippen LogP contribution in [0.25, 0.3) is 0 Å². The fourth-order valence-electron chi connectivity index (χ4n) is 1.94. The van der Waals surface area contributed by atoms with Crippen molar-refractivity contribution < 1.29 is 17.9 Å². The van der Waals surface area contributed by atoms with E-state index in [0.29, 0.717) is 12.5 Å². The molecule has 21 heavy (non-hydrogen) atoms. The van der Waals surface area contributed by atoms with Crippen LogP contribution < -0.4 is 10.1 Å². The van der Waals surface area contributed by atoms with Gasteiger partial charge in [-0.15, -0.1) is 13.2 Å². The van der Waals surface area contributed by atoms with Gasteiger partial charge in [0.05, 0.1) is 0 Å². The van der Waals surface area contributed by atoms with Gasteiger partial charge in [-0.05, 0) is 35.7 Å². The maximum absolute atomic E-state index is 12.0. The van der Waals surface area contributed by atoms with Gasteiger partial charge < -0.3 is 10.1 Å². The summed E-state index contributed by atoms with van der Waals surface area (Å²) in [7, 11) is 0. The van der Waals surface area contributed by atoms with Crippen molar-refractivity contribution in [3.05, 3.63) is 60.2 Å². The number of alkyl halides is 3. The number of hydrogen-bond acceptors (Lipinski definition) is 2.